The topological polar surface area (TPSA) is 78.4 Å². The van der Waals surface area contributed by atoms with E-state index in [1.165, 1.54) is 4.88 Å². The number of guanidine groups is 1. The Kier molecular flexibility index (Phi) is 11.0. The van der Waals surface area contributed by atoms with Crippen LogP contribution in [0.2, 0.25) is 0 Å². The van der Waals surface area contributed by atoms with Crippen LogP contribution in [0.1, 0.15) is 39.7 Å². The predicted molar refractivity (Wildman–Crippen MR) is 123 cm³/mol. The van der Waals surface area contributed by atoms with E-state index in [4.69, 9.17) is 0 Å². The lowest BCUT2D eigenvalue weighted by Crippen LogP contribution is -2.37. The largest absolute Gasteiger partial charge is 0.356 e. The minimum absolute atomic E-state index is 0. The van der Waals surface area contributed by atoms with Gasteiger partial charge >= 0.3 is 0 Å². The highest BCUT2D eigenvalue weighted by atomic mass is 127. The molecule has 1 aromatic carbocycles. The summed E-state index contributed by atoms with van der Waals surface area (Å²) in [5.74, 6) is 0.711. The summed E-state index contributed by atoms with van der Waals surface area (Å²) < 4.78 is 0. The van der Waals surface area contributed by atoms with Gasteiger partial charge < -0.3 is 16.0 Å². The van der Waals surface area contributed by atoms with Gasteiger partial charge in [0.25, 0.3) is 5.91 Å². The molecule has 8 heteroatoms. The van der Waals surface area contributed by atoms with E-state index in [9.17, 15) is 4.79 Å². The number of halogens is 1. The molecular formula is C19H28IN5OS. The molecule has 1 heterocycles. The first-order chi connectivity index (χ1) is 12.7. The number of benzene rings is 1. The first-order valence-corrected chi connectivity index (χ1v) is 9.73. The Balaban J connectivity index is 0.00000364. The maximum Gasteiger partial charge on any atom is 0.251 e. The quantitative estimate of drug-likeness (QED) is 0.295. The van der Waals surface area contributed by atoms with Crippen molar-refractivity contribution in [2.24, 2.45) is 4.99 Å². The molecule has 0 unspecified atom stereocenters. The molecule has 0 atom stereocenters. The van der Waals surface area contributed by atoms with Crippen molar-refractivity contribution in [1.29, 1.82) is 0 Å². The maximum atomic E-state index is 11.8. The normalized spacial score (nSPS) is 10.9. The number of carbonyl (C=O) groups excluding carboxylic acids is 1. The van der Waals surface area contributed by atoms with Gasteiger partial charge in [-0.1, -0.05) is 19.1 Å². The fourth-order valence-electron chi connectivity index (χ4n) is 2.36. The molecule has 27 heavy (non-hydrogen) atoms. The van der Waals surface area contributed by atoms with Gasteiger partial charge in [0.1, 0.15) is 0 Å². The average Bonchev–Trinajstić information content (AvgIpc) is 3.13. The number of thiazole rings is 1. The number of hydrogen-bond donors (Lipinski definition) is 3. The molecule has 2 rings (SSSR count). The van der Waals surface area contributed by atoms with Crippen molar-refractivity contribution in [2.45, 2.75) is 33.2 Å². The highest BCUT2D eigenvalue weighted by Gasteiger charge is 2.05. The summed E-state index contributed by atoms with van der Waals surface area (Å²) in [5, 5.41) is 10.5. The number of nitrogens with one attached hydrogen (secondary N) is 3. The van der Waals surface area contributed by atoms with Gasteiger partial charge in [0, 0.05) is 49.7 Å². The van der Waals surface area contributed by atoms with Crippen molar-refractivity contribution in [3.8, 4) is 0 Å². The van der Waals surface area contributed by atoms with Crippen LogP contribution in [0.5, 0.6) is 0 Å². The van der Waals surface area contributed by atoms with Crippen molar-refractivity contribution in [3.63, 3.8) is 0 Å². The van der Waals surface area contributed by atoms with Crippen LogP contribution in [0.15, 0.2) is 35.5 Å². The summed E-state index contributed by atoms with van der Waals surface area (Å²) in [5.41, 5.74) is 1.77. The molecular weight excluding hydrogens is 473 g/mol. The number of nitrogens with zero attached hydrogens (tertiary/aromatic N) is 2. The zero-order valence-electron chi connectivity index (χ0n) is 16.0. The summed E-state index contributed by atoms with van der Waals surface area (Å²) in [6.07, 6.45) is 3.87. The van der Waals surface area contributed by atoms with Crippen LogP contribution in [0.25, 0.3) is 0 Å². The first-order valence-electron chi connectivity index (χ1n) is 8.91. The van der Waals surface area contributed by atoms with Crippen molar-refractivity contribution >= 4 is 47.2 Å². The summed E-state index contributed by atoms with van der Waals surface area (Å²) in [7, 11) is 1.76. The van der Waals surface area contributed by atoms with E-state index in [0.717, 1.165) is 35.9 Å². The van der Waals surface area contributed by atoms with Gasteiger partial charge in [-0.15, -0.1) is 35.3 Å². The van der Waals surface area contributed by atoms with Crippen molar-refractivity contribution in [1.82, 2.24) is 20.9 Å². The fourth-order valence-corrected chi connectivity index (χ4v) is 3.22. The maximum absolute atomic E-state index is 11.8. The first kappa shape index (κ1) is 23.4. The second-order valence-corrected chi connectivity index (χ2v) is 6.93. The standard InChI is InChI=1S/C19H27N5OS.HI/c1-4-16-13-23-17(26-16)10-11-22-19(20-3)24-12-14-6-8-15(9-7-14)18(25)21-5-2;/h6-9,13H,4-5,10-12H2,1-3H3,(H,21,25)(H2,20,22,24);1H. The number of hydrogen-bond acceptors (Lipinski definition) is 4. The molecule has 0 bridgehead atoms. The molecule has 1 aromatic heterocycles. The zero-order chi connectivity index (χ0) is 18.8. The van der Waals surface area contributed by atoms with E-state index < -0.39 is 0 Å². The Bertz CT molecular complexity index is 730. The Labute approximate surface area is 182 Å². The van der Waals surface area contributed by atoms with Crippen LogP contribution in [0.4, 0.5) is 0 Å². The minimum Gasteiger partial charge on any atom is -0.356 e. The molecule has 0 spiro atoms. The Morgan fingerprint density at radius 2 is 1.89 bits per heavy atom. The third-order valence-corrected chi connectivity index (χ3v) is 5.02. The number of aliphatic imine (C=N–C) groups is 1. The molecule has 2 aromatic rings. The van der Waals surface area contributed by atoms with E-state index in [1.54, 1.807) is 18.4 Å². The van der Waals surface area contributed by atoms with Crippen molar-refractivity contribution in [2.75, 3.05) is 20.1 Å². The number of aromatic nitrogens is 1. The molecule has 0 aliphatic rings. The molecule has 0 fully saturated rings. The van der Waals surface area contributed by atoms with Gasteiger partial charge in [0.2, 0.25) is 0 Å². The molecule has 0 radical (unpaired) electrons. The second kappa shape index (κ2) is 12.7. The van der Waals surface area contributed by atoms with Crippen LogP contribution in [-0.2, 0) is 19.4 Å². The van der Waals surface area contributed by atoms with Gasteiger partial charge in [-0.3, -0.25) is 9.79 Å². The van der Waals surface area contributed by atoms with E-state index in [0.29, 0.717) is 18.7 Å². The van der Waals surface area contributed by atoms with E-state index in [1.807, 2.05) is 37.4 Å². The third kappa shape index (κ3) is 7.84. The molecule has 3 N–H and O–H groups in total. The van der Waals surface area contributed by atoms with Gasteiger partial charge in [0.05, 0.1) is 5.01 Å². The third-order valence-electron chi connectivity index (χ3n) is 3.82. The second-order valence-electron chi connectivity index (χ2n) is 5.73. The van der Waals surface area contributed by atoms with Crippen LogP contribution in [0, 0.1) is 0 Å². The molecule has 6 nitrogen and oxygen atoms in total. The summed E-state index contributed by atoms with van der Waals surface area (Å²) >= 11 is 1.77. The Morgan fingerprint density at radius 3 is 2.48 bits per heavy atom. The predicted octanol–water partition coefficient (Wildman–Crippen LogP) is 2.98. The summed E-state index contributed by atoms with van der Waals surface area (Å²) in [6, 6.07) is 7.58. The molecule has 1 amide bonds. The average molecular weight is 501 g/mol. The monoisotopic (exact) mass is 501 g/mol. The van der Waals surface area contributed by atoms with E-state index in [-0.39, 0.29) is 29.9 Å². The number of carbonyl (C=O) groups is 1. The van der Waals surface area contributed by atoms with Crippen molar-refractivity contribution in [3.05, 3.63) is 51.5 Å². The highest BCUT2D eigenvalue weighted by Crippen LogP contribution is 2.13. The lowest BCUT2D eigenvalue weighted by Gasteiger charge is -2.11. The summed E-state index contributed by atoms with van der Waals surface area (Å²) in [6.45, 7) is 6.11. The van der Waals surface area contributed by atoms with Gasteiger partial charge in [-0.2, -0.15) is 0 Å². The van der Waals surface area contributed by atoms with Crippen LogP contribution < -0.4 is 16.0 Å². The lowest BCUT2D eigenvalue weighted by molar-refractivity contribution is 0.0956. The van der Waals surface area contributed by atoms with E-state index >= 15 is 0 Å². The molecule has 148 valence electrons. The smallest absolute Gasteiger partial charge is 0.251 e. The minimum atomic E-state index is -0.0436. The lowest BCUT2D eigenvalue weighted by atomic mass is 10.1. The van der Waals surface area contributed by atoms with Crippen LogP contribution in [-0.4, -0.2) is 37.0 Å². The Hall–Kier alpha value is -1.68. The molecule has 0 saturated heterocycles. The zero-order valence-corrected chi connectivity index (χ0v) is 19.2. The Morgan fingerprint density at radius 1 is 1.15 bits per heavy atom. The fraction of sp³-hybridized carbons (Fsp3) is 0.421. The van der Waals surface area contributed by atoms with Gasteiger partial charge in [0.15, 0.2) is 5.96 Å². The van der Waals surface area contributed by atoms with Crippen LogP contribution >= 0.6 is 35.3 Å². The number of aryl methyl sites for hydroxylation is 1. The number of amides is 1. The number of rotatable bonds is 8. The highest BCUT2D eigenvalue weighted by molar-refractivity contribution is 14.0. The van der Waals surface area contributed by atoms with Gasteiger partial charge in [-0.25, -0.2) is 4.98 Å². The molecule has 0 saturated carbocycles. The van der Waals surface area contributed by atoms with Gasteiger partial charge in [-0.05, 0) is 31.0 Å². The van der Waals surface area contributed by atoms with Crippen LogP contribution in [0.3, 0.4) is 0 Å². The van der Waals surface area contributed by atoms with E-state index in [2.05, 4.69) is 32.9 Å². The molecule has 0 aliphatic carbocycles. The SMILES string of the molecule is CCNC(=O)c1ccc(CNC(=NC)NCCc2ncc(CC)s2)cc1.I. The molecule has 0 aliphatic heterocycles. The summed E-state index contributed by atoms with van der Waals surface area (Å²) in [4.78, 5) is 21.7. The van der Waals surface area contributed by atoms with Crippen molar-refractivity contribution < 1.29 is 4.79 Å².